The van der Waals surface area contributed by atoms with Crippen LogP contribution in [0.2, 0.25) is 0 Å². The third-order valence-electron chi connectivity index (χ3n) is 2.49. The van der Waals surface area contributed by atoms with Gasteiger partial charge < -0.3 is 10.0 Å². The molecule has 1 amide bonds. The third-order valence-corrected chi connectivity index (χ3v) is 2.49. The molecule has 0 aliphatic rings. The molecule has 1 aromatic carbocycles. The molecule has 0 heterocycles. The van der Waals surface area contributed by atoms with E-state index in [-0.39, 0.29) is 12.3 Å². The van der Waals surface area contributed by atoms with E-state index in [0.29, 0.717) is 12.1 Å². The Balaban J connectivity index is 2.61. The van der Waals surface area contributed by atoms with E-state index in [9.17, 15) is 9.90 Å². The summed E-state index contributed by atoms with van der Waals surface area (Å²) in [5.41, 5.74) is 0.548. The van der Waals surface area contributed by atoms with Crippen molar-refractivity contribution in [2.24, 2.45) is 0 Å². The van der Waals surface area contributed by atoms with Crippen LogP contribution in [0, 0.1) is 11.3 Å². The molecule has 4 heteroatoms. The minimum atomic E-state index is -0.894. The normalized spacial score (nSPS) is 10.8. The van der Waals surface area contributed by atoms with Crippen LogP contribution < -0.4 is 0 Å². The largest absolute Gasteiger partial charge is 0.389 e. The SMILES string of the molecule is CN(CC(C)(C)O)C(=O)Cc1ccc(C#N)cc1. The van der Waals surface area contributed by atoms with Crippen molar-refractivity contribution in [3.63, 3.8) is 0 Å². The molecular formula is C14H18N2O2. The zero-order valence-electron chi connectivity index (χ0n) is 11.0. The molecule has 0 spiro atoms. The Morgan fingerprint density at radius 3 is 2.39 bits per heavy atom. The van der Waals surface area contributed by atoms with E-state index < -0.39 is 5.60 Å². The maximum absolute atomic E-state index is 11.9. The number of amides is 1. The van der Waals surface area contributed by atoms with Crippen LogP contribution in [0.3, 0.4) is 0 Å². The van der Waals surface area contributed by atoms with Gasteiger partial charge >= 0.3 is 0 Å². The smallest absolute Gasteiger partial charge is 0.226 e. The highest BCUT2D eigenvalue weighted by Gasteiger charge is 2.19. The molecule has 0 fully saturated rings. The lowest BCUT2D eigenvalue weighted by Crippen LogP contribution is -2.40. The second kappa shape index (κ2) is 5.65. The third kappa shape index (κ3) is 4.56. The first-order valence-electron chi connectivity index (χ1n) is 5.77. The average molecular weight is 246 g/mol. The Hall–Kier alpha value is -1.86. The summed E-state index contributed by atoms with van der Waals surface area (Å²) in [4.78, 5) is 13.4. The molecule has 4 nitrogen and oxygen atoms in total. The summed E-state index contributed by atoms with van der Waals surface area (Å²) >= 11 is 0. The Labute approximate surface area is 107 Å². The molecule has 0 saturated carbocycles. The summed E-state index contributed by atoms with van der Waals surface area (Å²) in [6, 6.07) is 8.96. The van der Waals surface area contributed by atoms with Crippen molar-refractivity contribution in [1.82, 2.24) is 4.90 Å². The fraction of sp³-hybridized carbons (Fsp3) is 0.429. The first-order valence-corrected chi connectivity index (χ1v) is 5.77. The number of nitriles is 1. The minimum absolute atomic E-state index is 0.0539. The second-order valence-electron chi connectivity index (χ2n) is 5.05. The van der Waals surface area contributed by atoms with Gasteiger partial charge in [-0.1, -0.05) is 12.1 Å². The first kappa shape index (κ1) is 14.2. The fourth-order valence-electron chi connectivity index (χ4n) is 1.68. The average Bonchev–Trinajstić information content (AvgIpc) is 2.27. The van der Waals surface area contributed by atoms with Crippen LogP contribution in [0.15, 0.2) is 24.3 Å². The topological polar surface area (TPSA) is 64.3 Å². The lowest BCUT2D eigenvalue weighted by molar-refractivity contribution is -0.131. The maximum Gasteiger partial charge on any atom is 0.226 e. The minimum Gasteiger partial charge on any atom is -0.389 e. The van der Waals surface area contributed by atoms with E-state index in [1.165, 1.54) is 4.90 Å². The maximum atomic E-state index is 11.9. The van der Waals surface area contributed by atoms with Crippen LogP contribution in [0.5, 0.6) is 0 Å². The molecule has 0 atom stereocenters. The predicted molar refractivity (Wildman–Crippen MR) is 68.8 cm³/mol. The number of carbonyl (C=O) groups is 1. The van der Waals surface area contributed by atoms with E-state index in [2.05, 4.69) is 0 Å². The van der Waals surface area contributed by atoms with Gasteiger partial charge in [0.2, 0.25) is 5.91 Å². The molecule has 96 valence electrons. The van der Waals surface area contributed by atoms with Gasteiger partial charge in [0.1, 0.15) is 0 Å². The Kier molecular flexibility index (Phi) is 4.46. The molecule has 0 unspecified atom stereocenters. The van der Waals surface area contributed by atoms with Gasteiger partial charge in [-0.2, -0.15) is 5.26 Å². The Morgan fingerprint density at radius 2 is 1.94 bits per heavy atom. The summed E-state index contributed by atoms with van der Waals surface area (Å²) in [5.74, 6) is -0.0539. The summed E-state index contributed by atoms with van der Waals surface area (Å²) < 4.78 is 0. The highest BCUT2D eigenvalue weighted by atomic mass is 16.3. The van der Waals surface area contributed by atoms with Gasteiger partial charge in [0.05, 0.1) is 23.7 Å². The van der Waals surface area contributed by atoms with Crippen molar-refractivity contribution >= 4 is 5.91 Å². The molecule has 0 aliphatic carbocycles. The van der Waals surface area contributed by atoms with Crippen LogP contribution in [0.1, 0.15) is 25.0 Å². The van der Waals surface area contributed by atoms with Crippen molar-refractivity contribution in [3.05, 3.63) is 35.4 Å². The fourth-order valence-corrected chi connectivity index (χ4v) is 1.68. The summed E-state index contributed by atoms with van der Waals surface area (Å²) in [5, 5.41) is 18.3. The van der Waals surface area contributed by atoms with Gasteiger partial charge in [-0.3, -0.25) is 4.79 Å². The molecule has 0 saturated heterocycles. The number of aliphatic hydroxyl groups is 1. The lowest BCUT2D eigenvalue weighted by Gasteiger charge is -2.25. The summed E-state index contributed by atoms with van der Waals surface area (Å²) in [6.45, 7) is 3.62. The van der Waals surface area contributed by atoms with E-state index in [0.717, 1.165) is 5.56 Å². The molecular weight excluding hydrogens is 228 g/mol. The first-order chi connectivity index (χ1) is 8.31. The number of carbonyl (C=O) groups excluding carboxylic acids is 1. The summed E-state index contributed by atoms with van der Waals surface area (Å²) in [7, 11) is 1.67. The zero-order valence-corrected chi connectivity index (χ0v) is 11.0. The number of nitrogens with zero attached hydrogens (tertiary/aromatic N) is 2. The number of benzene rings is 1. The highest BCUT2D eigenvalue weighted by Crippen LogP contribution is 2.08. The number of hydrogen-bond acceptors (Lipinski definition) is 3. The summed E-state index contributed by atoms with van der Waals surface area (Å²) in [6.07, 6.45) is 0.276. The standard InChI is InChI=1S/C14H18N2O2/c1-14(2,18)10-16(3)13(17)8-11-4-6-12(9-15)7-5-11/h4-7,18H,8,10H2,1-3H3. The number of hydrogen-bond donors (Lipinski definition) is 1. The van der Waals surface area contributed by atoms with Crippen molar-refractivity contribution in [2.75, 3.05) is 13.6 Å². The van der Waals surface area contributed by atoms with Crippen molar-refractivity contribution < 1.29 is 9.90 Å². The van der Waals surface area contributed by atoms with Crippen LogP contribution in [0.25, 0.3) is 0 Å². The molecule has 1 rings (SSSR count). The van der Waals surface area contributed by atoms with Gasteiger partial charge in [0.15, 0.2) is 0 Å². The predicted octanol–water partition coefficient (Wildman–Crippen LogP) is 1.33. The number of likely N-dealkylation sites (N-methyl/N-ethyl adjacent to an activating group) is 1. The van der Waals surface area contributed by atoms with Gasteiger partial charge in [-0.25, -0.2) is 0 Å². The zero-order chi connectivity index (χ0) is 13.8. The van der Waals surface area contributed by atoms with Crippen LogP contribution in [-0.2, 0) is 11.2 Å². The molecule has 1 aromatic rings. The molecule has 0 bridgehead atoms. The van der Waals surface area contributed by atoms with E-state index in [1.54, 1.807) is 45.2 Å². The Morgan fingerprint density at radius 1 is 1.39 bits per heavy atom. The van der Waals surface area contributed by atoms with Crippen LogP contribution in [0.4, 0.5) is 0 Å². The van der Waals surface area contributed by atoms with E-state index in [1.807, 2.05) is 6.07 Å². The Bertz CT molecular complexity index is 452. The van der Waals surface area contributed by atoms with Crippen molar-refractivity contribution in [2.45, 2.75) is 25.9 Å². The quantitative estimate of drug-likeness (QED) is 0.871. The van der Waals surface area contributed by atoms with Gasteiger partial charge in [-0.15, -0.1) is 0 Å². The monoisotopic (exact) mass is 246 g/mol. The number of rotatable bonds is 4. The molecule has 1 N–H and O–H groups in total. The van der Waals surface area contributed by atoms with E-state index in [4.69, 9.17) is 5.26 Å². The molecule has 18 heavy (non-hydrogen) atoms. The highest BCUT2D eigenvalue weighted by molar-refractivity contribution is 5.78. The van der Waals surface area contributed by atoms with E-state index >= 15 is 0 Å². The molecule has 0 aliphatic heterocycles. The van der Waals surface area contributed by atoms with Crippen LogP contribution >= 0.6 is 0 Å². The van der Waals surface area contributed by atoms with Gasteiger partial charge in [0, 0.05) is 13.6 Å². The van der Waals surface area contributed by atoms with Gasteiger partial charge in [-0.05, 0) is 31.5 Å². The van der Waals surface area contributed by atoms with Crippen LogP contribution in [-0.4, -0.2) is 35.1 Å². The lowest BCUT2D eigenvalue weighted by atomic mass is 10.1. The molecule has 0 aromatic heterocycles. The van der Waals surface area contributed by atoms with Crippen molar-refractivity contribution in [1.29, 1.82) is 5.26 Å². The molecule has 0 radical (unpaired) electrons. The second-order valence-corrected chi connectivity index (χ2v) is 5.05. The van der Waals surface area contributed by atoms with Gasteiger partial charge in [0.25, 0.3) is 0 Å². The van der Waals surface area contributed by atoms with Crippen molar-refractivity contribution in [3.8, 4) is 6.07 Å².